The lowest BCUT2D eigenvalue weighted by molar-refractivity contribution is -0.120. The number of hydrogen-bond donors (Lipinski definition) is 1. The van der Waals surface area contributed by atoms with Crippen molar-refractivity contribution in [3.8, 4) is 0 Å². The zero-order valence-electron chi connectivity index (χ0n) is 15.1. The van der Waals surface area contributed by atoms with E-state index in [9.17, 15) is 14.0 Å². The number of rotatable bonds is 4. The maximum absolute atomic E-state index is 13.4. The predicted molar refractivity (Wildman–Crippen MR) is 107 cm³/mol. The largest absolute Gasteiger partial charge is 0.350 e. The summed E-state index contributed by atoms with van der Waals surface area (Å²) in [7, 11) is 0. The van der Waals surface area contributed by atoms with E-state index >= 15 is 0 Å². The summed E-state index contributed by atoms with van der Waals surface area (Å²) in [5, 5.41) is 3.10. The average Bonchev–Trinajstić information content (AvgIpc) is 2.93. The van der Waals surface area contributed by atoms with Gasteiger partial charge in [0.25, 0.3) is 11.8 Å². The fraction of sp³-hybridized carbons (Fsp3) is 0.0435. The number of nitrogens with one attached hydrogen (secondary N) is 1. The zero-order valence-corrected chi connectivity index (χ0v) is 15.1. The van der Waals surface area contributed by atoms with E-state index in [0.29, 0.717) is 16.9 Å². The number of imide groups is 1. The minimum Gasteiger partial charge on any atom is -0.350 e. The van der Waals surface area contributed by atoms with E-state index in [-0.39, 0.29) is 11.3 Å². The van der Waals surface area contributed by atoms with Gasteiger partial charge in [-0.1, -0.05) is 42.5 Å². The van der Waals surface area contributed by atoms with Crippen LogP contribution in [0.25, 0.3) is 5.57 Å². The highest BCUT2D eigenvalue weighted by atomic mass is 19.1. The molecule has 3 aromatic carbocycles. The van der Waals surface area contributed by atoms with Gasteiger partial charge in [-0.2, -0.15) is 0 Å². The standard InChI is InChI=1S/C23H17FN2O2/c1-15-6-5-7-18(14-15)25-21-20(16-10-12-17(24)13-11-16)22(27)26(23(21)28)19-8-3-2-4-9-19/h2-14,25H,1H3. The highest BCUT2D eigenvalue weighted by molar-refractivity contribution is 6.46. The van der Waals surface area contributed by atoms with Crippen molar-refractivity contribution in [2.45, 2.75) is 6.92 Å². The van der Waals surface area contributed by atoms with Crippen LogP contribution in [0.5, 0.6) is 0 Å². The Bertz CT molecular complexity index is 1090. The fourth-order valence-corrected chi connectivity index (χ4v) is 3.21. The number of carbonyl (C=O) groups is 2. The molecule has 2 amide bonds. The van der Waals surface area contributed by atoms with Crippen molar-refractivity contribution in [1.29, 1.82) is 0 Å². The Labute approximate surface area is 161 Å². The number of hydrogen-bond acceptors (Lipinski definition) is 3. The van der Waals surface area contributed by atoms with E-state index in [1.54, 1.807) is 24.3 Å². The van der Waals surface area contributed by atoms with Gasteiger partial charge in [0.1, 0.15) is 11.5 Å². The van der Waals surface area contributed by atoms with Crippen LogP contribution < -0.4 is 10.2 Å². The fourth-order valence-electron chi connectivity index (χ4n) is 3.21. The Morgan fingerprint density at radius 3 is 2.21 bits per heavy atom. The average molecular weight is 372 g/mol. The van der Waals surface area contributed by atoms with Crippen LogP contribution in [0.4, 0.5) is 15.8 Å². The molecule has 1 aliphatic heterocycles. The summed E-state index contributed by atoms with van der Waals surface area (Å²) in [4.78, 5) is 27.5. The molecule has 28 heavy (non-hydrogen) atoms. The number of aryl methyl sites for hydroxylation is 1. The van der Waals surface area contributed by atoms with Crippen LogP contribution in [0.3, 0.4) is 0 Å². The van der Waals surface area contributed by atoms with Gasteiger partial charge in [-0.05, 0) is 54.4 Å². The van der Waals surface area contributed by atoms with Gasteiger partial charge in [0.15, 0.2) is 0 Å². The van der Waals surface area contributed by atoms with Crippen molar-refractivity contribution in [3.63, 3.8) is 0 Å². The number of anilines is 2. The van der Waals surface area contributed by atoms with Gasteiger partial charge in [0.2, 0.25) is 0 Å². The second-order valence-electron chi connectivity index (χ2n) is 6.53. The molecule has 0 unspecified atom stereocenters. The Balaban J connectivity index is 1.83. The number of benzene rings is 3. The number of para-hydroxylation sites is 1. The van der Waals surface area contributed by atoms with Crippen molar-refractivity contribution < 1.29 is 14.0 Å². The first-order valence-electron chi connectivity index (χ1n) is 8.82. The van der Waals surface area contributed by atoms with E-state index < -0.39 is 17.6 Å². The second kappa shape index (κ2) is 7.12. The molecule has 0 radical (unpaired) electrons. The van der Waals surface area contributed by atoms with Crippen LogP contribution in [0.1, 0.15) is 11.1 Å². The summed E-state index contributed by atoms with van der Waals surface area (Å²) in [5.74, 6) is -1.30. The third-order valence-corrected chi connectivity index (χ3v) is 4.52. The molecule has 1 heterocycles. The molecule has 0 spiro atoms. The first-order chi connectivity index (χ1) is 13.5. The molecule has 0 bridgehead atoms. The SMILES string of the molecule is Cc1cccc(NC2=C(c3ccc(F)cc3)C(=O)N(c3ccccc3)C2=O)c1. The molecule has 0 aliphatic carbocycles. The lowest BCUT2D eigenvalue weighted by atomic mass is 10.0. The van der Waals surface area contributed by atoms with Crippen molar-refractivity contribution in [3.05, 3.63) is 102 Å². The van der Waals surface area contributed by atoms with Crippen molar-refractivity contribution in [2.24, 2.45) is 0 Å². The van der Waals surface area contributed by atoms with Crippen LogP contribution in [0, 0.1) is 12.7 Å². The van der Waals surface area contributed by atoms with Crippen molar-refractivity contribution >= 4 is 28.8 Å². The molecule has 4 rings (SSSR count). The lowest BCUT2D eigenvalue weighted by Gasteiger charge is -2.15. The van der Waals surface area contributed by atoms with Gasteiger partial charge in [-0.15, -0.1) is 0 Å². The molecule has 0 aromatic heterocycles. The summed E-state index contributed by atoms with van der Waals surface area (Å²) in [5.41, 5.74) is 3.07. The summed E-state index contributed by atoms with van der Waals surface area (Å²) in [6.07, 6.45) is 0. The number of nitrogens with zero attached hydrogens (tertiary/aromatic N) is 1. The first-order valence-corrected chi connectivity index (χ1v) is 8.82. The molecule has 4 nitrogen and oxygen atoms in total. The van der Waals surface area contributed by atoms with Gasteiger partial charge in [0, 0.05) is 5.69 Å². The van der Waals surface area contributed by atoms with E-state index in [4.69, 9.17) is 0 Å². The monoisotopic (exact) mass is 372 g/mol. The third kappa shape index (κ3) is 3.18. The molecule has 0 fully saturated rings. The van der Waals surface area contributed by atoms with Crippen molar-refractivity contribution in [2.75, 3.05) is 10.2 Å². The molecule has 1 aliphatic rings. The summed E-state index contributed by atoms with van der Waals surface area (Å²) in [6, 6.07) is 21.8. The molecular weight excluding hydrogens is 355 g/mol. The van der Waals surface area contributed by atoms with Gasteiger partial charge < -0.3 is 5.32 Å². The lowest BCUT2D eigenvalue weighted by Crippen LogP contribution is -2.32. The van der Waals surface area contributed by atoms with Gasteiger partial charge in [-0.3, -0.25) is 9.59 Å². The molecule has 0 saturated carbocycles. The summed E-state index contributed by atoms with van der Waals surface area (Å²) < 4.78 is 13.4. The van der Waals surface area contributed by atoms with Crippen LogP contribution in [0.15, 0.2) is 84.6 Å². The number of carbonyl (C=O) groups excluding carboxylic acids is 2. The molecule has 3 aromatic rings. The normalized spacial score (nSPS) is 14.0. The Kier molecular flexibility index (Phi) is 4.49. The second-order valence-corrected chi connectivity index (χ2v) is 6.53. The number of halogens is 1. The Morgan fingerprint density at radius 1 is 0.821 bits per heavy atom. The maximum Gasteiger partial charge on any atom is 0.282 e. The van der Waals surface area contributed by atoms with Crippen LogP contribution in [-0.2, 0) is 9.59 Å². The van der Waals surface area contributed by atoms with Gasteiger partial charge >= 0.3 is 0 Å². The zero-order chi connectivity index (χ0) is 19.7. The quantitative estimate of drug-likeness (QED) is 0.685. The molecule has 0 atom stereocenters. The van der Waals surface area contributed by atoms with Gasteiger partial charge in [-0.25, -0.2) is 9.29 Å². The molecule has 5 heteroatoms. The van der Waals surface area contributed by atoms with E-state index in [1.807, 2.05) is 37.3 Å². The van der Waals surface area contributed by atoms with E-state index in [1.165, 1.54) is 24.3 Å². The highest BCUT2D eigenvalue weighted by Crippen LogP contribution is 2.33. The van der Waals surface area contributed by atoms with Crippen LogP contribution in [-0.4, -0.2) is 11.8 Å². The topological polar surface area (TPSA) is 49.4 Å². The smallest absolute Gasteiger partial charge is 0.282 e. The van der Waals surface area contributed by atoms with Crippen LogP contribution >= 0.6 is 0 Å². The predicted octanol–water partition coefficient (Wildman–Crippen LogP) is 4.53. The molecular formula is C23H17FN2O2. The highest BCUT2D eigenvalue weighted by Gasteiger charge is 2.40. The van der Waals surface area contributed by atoms with E-state index in [2.05, 4.69) is 5.32 Å². The maximum atomic E-state index is 13.4. The number of amides is 2. The Hall–Kier alpha value is -3.73. The summed E-state index contributed by atoms with van der Waals surface area (Å²) in [6.45, 7) is 1.94. The molecule has 138 valence electrons. The minimum absolute atomic E-state index is 0.172. The summed E-state index contributed by atoms with van der Waals surface area (Å²) >= 11 is 0. The Morgan fingerprint density at radius 2 is 1.54 bits per heavy atom. The van der Waals surface area contributed by atoms with E-state index in [0.717, 1.165) is 10.5 Å². The van der Waals surface area contributed by atoms with Crippen molar-refractivity contribution in [1.82, 2.24) is 0 Å². The third-order valence-electron chi connectivity index (χ3n) is 4.52. The van der Waals surface area contributed by atoms with Crippen LogP contribution in [0.2, 0.25) is 0 Å². The first kappa shape index (κ1) is 17.7. The minimum atomic E-state index is -0.447. The molecule has 0 saturated heterocycles. The molecule has 1 N–H and O–H groups in total. The van der Waals surface area contributed by atoms with Gasteiger partial charge in [0.05, 0.1) is 11.3 Å².